The van der Waals surface area contributed by atoms with Crippen LogP contribution in [0.5, 0.6) is 0 Å². The van der Waals surface area contributed by atoms with Gasteiger partial charge in [-0.1, -0.05) is 6.07 Å². The van der Waals surface area contributed by atoms with Gasteiger partial charge in [0.05, 0.1) is 23.2 Å². The van der Waals surface area contributed by atoms with Crippen molar-refractivity contribution in [1.82, 2.24) is 30.4 Å². The van der Waals surface area contributed by atoms with E-state index in [4.69, 9.17) is 0 Å². The number of amides is 5. The lowest BCUT2D eigenvalue weighted by molar-refractivity contribution is -0.122. The SMILES string of the molecule is O=C1CCN(N2C(=O)c3ccc(CN4CCC(c5[nH]nc6cc(F)ccc56)CC4)cc3C2=O)C(=O)N1. The predicted molar refractivity (Wildman–Crippen MR) is 125 cm³/mol. The number of hydrazine groups is 1. The minimum atomic E-state index is -0.779. The molecule has 0 spiro atoms. The number of fused-ring (bicyclic) bond motifs is 2. The largest absolute Gasteiger partial charge is 0.343 e. The number of H-pyrrole nitrogens is 1. The van der Waals surface area contributed by atoms with Crippen molar-refractivity contribution in [2.75, 3.05) is 19.6 Å². The fourth-order valence-corrected chi connectivity index (χ4v) is 5.29. The fraction of sp³-hybridized carbons (Fsp3) is 0.320. The van der Waals surface area contributed by atoms with Crippen molar-refractivity contribution in [3.63, 3.8) is 0 Å². The maximum atomic E-state index is 13.5. The van der Waals surface area contributed by atoms with E-state index in [0.717, 1.165) is 52.6 Å². The van der Waals surface area contributed by atoms with Crippen LogP contribution in [0.2, 0.25) is 0 Å². The van der Waals surface area contributed by atoms with Crippen LogP contribution < -0.4 is 5.32 Å². The molecule has 0 radical (unpaired) electrons. The highest BCUT2D eigenvalue weighted by Crippen LogP contribution is 2.33. The van der Waals surface area contributed by atoms with Crippen molar-refractivity contribution in [3.8, 4) is 0 Å². The third-order valence-electron chi connectivity index (χ3n) is 7.15. The number of benzene rings is 2. The number of piperidine rings is 1. The van der Waals surface area contributed by atoms with Gasteiger partial charge in [0.1, 0.15) is 5.82 Å². The summed E-state index contributed by atoms with van der Waals surface area (Å²) < 4.78 is 13.5. The van der Waals surface area contributed by atoms with E-state index >= 15 is 0 Å². The summed E-state index contributed by atoms with van der Waals surface area (Å²) >= 11 is 0. The average molecular weight is 490 g/mol. The average Bonchev–Trinajstić information content (AvgIpc) is 3.38. The maximum absolute atomic E-state index is 13.5. The second-order valence-electron chi connectivity index (χ2n) is 9.38. The van der Waals surface area contributed by atoms with Gasteiger partial charge in [-0.25, -0.2) is 14.2 Å². The Labute approximate surface area is 205 Å². The third kappa shape index (κ3) is 3.72. The summed E-state index contributed by atoms with van der Waals surface area (Å²) in [6.45, 7) is 2.27. The highest BCUT2D eigenvalue weighted by Gasteiger charge is 2.43. The molecule has 0 bridgehead atoms. The van der Waals surface area contributed by atoms with Crippen molar-refractivity contribution in [1.29, 1.82) is 0 Å². The number of hydrogen-bond acceptors (Lipinski definition) is 6. The monoisotopic (exact) mass is 490 g/mol. The Hall–Kier alpha value is -4.12. The van der Waals surface area contributed by atoms with Crippen LogP contribution in [-0.2, 0) is 11.3 Å². The molecular formula is C25H23FN6O4. The number of nitrogens with zero attached hydrogens (tertiary/aromatic N) is 4. The zero-order valence-electron chi connectivity index (χ0n) is 19.3. The van der Waals surface area contributed by atoms with Crippen LogP contribution in [0.1, 0.15) is 57.2 Å². The van der Waals surface area contributed by atoms with Crippen LogP contribution in [-0.4, -0.2) is 68.5 Å². The van der Waals surface area contributed by atoms with E-state index in [9.17, 15) is 23.6 Å². The number of nitrogens with one attached hydrogen (secondary N) is 2. The zero-order chi connectivity index (χ0) is 25.0. The molecule has 2 N–H and O–H groups in total. The normalized spacial score (nSPS) is 19.4. The minimum absolute atomic E-state index is 0.0194. The zero-order valence-corrected chi connectivity index (χ0v) is 19.3. The Morgan fingerprint density at radius 1 is 0.944 bits per heavy atom. The molecule has 10 nitrogen and oxygen atoms in total. The number of urea groups is 1. The van der Waals surface area contributed by atoms with Gasteiger partial charge in [0.2, 0.25) is 5.91 Å². The molecule has 5 amide bonds. The molecule has 2 fully saturated rings. The lowest BCUT2D eigenvalue weighted by atomic mass is 9.91. The number of carbonyl (C=O) groups is 4. The molecule has 2 saturated heterocycles. The number of likely N-dealkylation sites (tertiary alicyclic amines) is 1. The number of rotatable bonds is 4. The molecule has 0 saturated carbocycles. The van der Waals surface area contributed by atoms with Gasteiger partial charge in [-0.3, -0.25) is 29.7 Å². The predicted octanol–water partition coefficient (Wildman–Crippen LogP) is 2.53. The van der Waals surface area contributed by atoms with Crippen molar-refractivity contribution in [2.24, 2.45) is 0 Å². The van der Waals surface area contributed by atoms with E-state index < -0.39 is 23.8 Å². The molecule has 3 aliphatic rings. The van der Waals surface area contributed by atoms with Gasteiger partial charge in [0.15, 0.2) is 0 Å². The van der Waals surface area contributed by atoms with Crippen molar-refractivity contribution < 1.29 is 23.6 Å². The standard InChI is InChI=1S/C25H23FN6O4/c26-16-2-4-18-20(12-16)28-29-22(18)15-5-8-30(9-6-15)13-14-1-3-17-19(11-14)24(35)32(23(17)34)31-10-7-21(33)27-25(31)36/h1-4,11-12,15H,5-10,13H2,(H,28,29)(H,27,33,36). The van der Waals surface area contributed by atoms with E-state index in [2.05, 4.69) is 20.4 Å². The first kappa shape index (κ1) is 22.4. The van der Waals surface area contributed by atoms with Gasteiger partial charge >= 0.3 is 6.03 Å². The van der Waals surface area contributed by atoms with E-state index in [0.29, 0.717) is 18.0 Å². The maximum Gasteiger partial charge on any atom is 0.343 e. The molecule has 0 atom stereocenters. The van der Waals surface area contributed by atoms with Gasteiger partial charge in [-0.05, 0) is 55.8 Å². The van der Waals surface area contributed by atoms with Crippen LogP contribution in [0, 0.1) is 5.82 Å². The summed E-state index contributed by atoms with van der Waals surface area (Å²) in [4.78, 5) is 51.8. The minimum Gasteiger partial charge on any atom is -0.299 e. The quantitative estimate of drug-likeness (QED) is 0.543. The number of aromatic nitrogens is 2. The third-order valence-corrected chi connectivity index (χ3v) is 7.15. The van der Waals surface area contributed by atoms with E-state index in [1.807, 2.05) is 6.07 Å². The number of imide groups is 2. The van der Waals surface area contributed by atoms with E-state index in [1.165, 1.54) is 12.1 Å². The summed E-state index contributed by atoms with van der Waals surface area (Å²) in [6.07, 6.45) is 1.84. The topological polar surface area (TPSA) is 119 Å². The lowest BCUT2D eigenvalue weighted by Crippen LogP contribution is -2.58. The second kappa shape index (κ2) is 8.52. The summed E-state index contributed by atoms with van der Waals surface area (Å²) in [5.41, 5.74) is 3.07. The number of halogens is 1. The van der Waals surface area contributed by atoms with Crippen LogP contribution in [0.25, 0.3) is 10.9 Å². The van der Waals surface area contributed by atoms with Crippen molar-refractivity contribution in [2.45, 2.75) is 31.7 Å². The first-order valence-corrected chi connectivity index (χ1v) is 11.9. The number of hydrogen-bond donors (Lipinski definition) is 2. The first-order chi connectivity index (χ1) is 17.4. The summed E-state index contributed by atoms with van der Waals surface area (Å²) in [5, 5.41) is 12.2. The van der Waals surface area contributed by atoms with Gasteiger partial charge in [-0.15, -0.1) is 0 Å². The highest BCUT2D eigenvalue weighted by molar-refractivity contribution is 6.22. The highest BCUT2D eigenvalue weighted by atomic mass is 19.1. The lowest BCUT2D eigenvalue weighted by Gasteiger charge is -2.32. The molecule has 3 aromatic rings. The molecule has 2 aromatic carbocycles. The molecule has 0 unspecified atom stereocenters. The Kier molecular flexibility index (Phi) is 5.29. The summed E-state index contributed by atoms with van der Waals surface area (Å²) in [6, 6.07) is 9.05. The summed E-state index contributed by atoms with van der Waals surface area (Å²) in [7, 11) is 0. The Morgan fingerprint density at radius 3 is 2.50 bits per heavy atom. The van der Waals surface area contributed by atoms with Crippen LogP contribution in [0.3, 0.4) is 0 Å². The van der Waals surface area contributed by atoms with Crippen LogP contribution >= 0.6 is 0 Å². The van der Waals surface area contributed by atoms with Gasteiger partial charge in [-0.2, -0.15) is 10.1 Å². The second-order valence-corrected chi connectivity index (χ2v) is 9.38. The molecular weight excluding hydrogens is 467 g/mol. The fourth-order valence-electron chi connectivity index (χ4n) is 5.29. The molecule has 1 aromatic heterocycles. The van der Waals surface area contributed by atoms with Gasteiger partial charge in [0.25, 0.3) is 11.8 Å². The molecule has 0 aliphatic carbocycles. The molecule has 11 heteroatoms. The van der Waals surface area contributed by atoms with Crippen LogP contribution in [0.4, 0.5) is 9.18 Å². The molecule has 36 heavy (non-hydrogen) atoms. The molecule has 6 rings (SSSR count). The molecule has 3 aliphatic heterocycles. The van der Waals surface area contributed by atoms with E-state index in [1.54, 1.807) is 18.2 Å². The van der Waals surface area contributed by atoms with Crippen molar-refractivity contribution >= 4 is 34.7 Å². The molecule has 184 valence electrons. The van der Waals surface area contributed by atoms with E-state index in [-0.39, 0.29) is 29.9 Å². The first-order valence-electron chi connectivity index (χ1n) is 11.9. The Morgan fingerprint density at radius 2 is 1.72 bits per heavy atom. The Bertz CT molecular complexity index is 1430. The smallest absolute Gasteiger partial charge is 0.299 e. The molecule has 4 heterocycles. The Balaban J connectivity index is 1.13. The van der Waals surface area contributed by atoms with Crippen LogP contribution in [0.15, 0.2) is 36.4 Å². The number of carbonyl (C=O) groups excluding carboxylic acids is 4. The summed E-state index contributed by atoms with van der Waals surface area (Å²) in [5.74, 6) is -1.58. The number of aromatic amines is 1. The van der Waals surface area contributed by atoms with Gasteiger partial charge in [0, 0.05) is 36.0 Å². The van der Waals surface area contributed by atoms with Crippen molar-refractivity contribution in [3.05, 3.63) is 64.6 Å². The van der Waals surface area contributed by atoms with Gasteiger partial charge < -0.3 is 0 Å².